The van der Waals surface area contributed by atoms with Crippen molar-refractivity contribution in [3.63, 3.8) is 0 Å². The quantitative estimate of drug-likeness (QED) is 0.834. The topological polar surface area (TPSA) is 21.3 Å². The van der Waals surface area contributed by atoms with Gasteiger partial charge in [0.05, 0.1) is 6.61 Å². The van der Waals surface area contributed by atoms with Gasteiger partial charge >= 0.3 is 0 Å². The van der Waals surface area contributed by atoms with E-state index >= 15 is 0 Å². The van der Waals surface area contributed by atoms with Crippen molar-refractivity contribution in [1.29, 1.82) is 0 Å². The number of ether oxygens (including phenoxy) is 1. The summed E-state index contributed by atoms with van der Waals surface area (Å²) in [5.74, 6) is 1.83. The van der Waals surface area contributed by atoms with Gasteiger partial charge in [-0.15, -0.1) is 0 Å². The fourth-order valence-corrected chi connectivity index (χ4v) is 2.42. The molecule has 1 saturated carbocycles. The van der Waals surface area contributed by atoms with E-state index in [2.05, 4.69) is 24.4 Å². The Bertz CT molecular complexity index is 337. The molecule has 1 aliphatic rings. The van der Waals surface area contributed by atoms with Crippen LogP contribution in [-0.4, -0.2) is 12.6 Å². The van der Waals surface area contributed by atoms with E-state index in [-0.39, 0.29) is 0 Å². The monoisotopic (exact) mass is 219 g/mol. The lowest BCUT2D eigenvalue weighted by molar-refractivity contribution is 0.340. The van der Waals surface area contributed by atoms with Gasteiger partial charge in [0.15, 0.2) is 0 Å². The summed E-state index contributed by atoms with van der Waals surface area (Å²) in [6.07, 6.45) is 3.93. The predicted octanol–water partition coefficient (Wildman–Crippen LogP) is 3.69. The van der Waals surface area contributed by atoms with Crippen LogP contribution in [0.3, 0.4) is 0 Å². The molecule has 0 amide bonds. The number of anilines is 1. The van der Waals surface area contributed by atoms with E-state index in [4.69, 9.17) is 4.74 Å². The van der Waals surface area contributed by atoms with Gasteiger partial charge in [-0.1, -0.05) is 13.0 Å². The van der Waals surface area contributed by atoms with E-state index in [1.54, 1.807) is 0 Å². The summed E-state index contributed by atoms with van der Waals surface area (Å²) in [5.41, 5.74) is 1.19. The first-order chi connectivity index (χ1) is 7.78. The van der Waals surface area contributed by atoms with Crippen molar-refractivity contribution >= 4 is 5.69 Å². The summed E-state index contributed by atoms with van der Waals surface area (Å²) in [6.45, 7) is 5.07. The average Bonchev–Trinajstić information content (AvgIpc) is 2.65. The molecule has 2 atom stereocenters. The van der Waals surface area contributed by atoms with E-state index in [1.165, 1.54) is 24.9 Å². The molecule has 0 spiro atoms. The molecular formula is C14H21NO. The minimum absolute atomic E-state index is 0.645. The molecule has 1 aromatic carbocycles. The maximum absolute atomic E-state index is 5.49. The summed E-state index contributed by atoms with van der Waals surface area (Å²) in [5, 5.41) is 3.59. The standard InChI is InChI=1S/C14H21NO/c1-3-16-14-6-4-5-12(10-14)15-13-8-7-11(2)9-13/h4-6,10-11,13,15H,3,7-9H2,1-2H3. The summed E-state index contributed by atoms with van der Waals surface area (Å²) in [4.78, 5) is 0. The fourth-order valence-electron chi connectivity index (χ4n) is 2.42. The van der Waals surface area contributed by atoms with Crippen molar-refractivity contribution in [3.8, 4) is 5.75 Å². The Labute approximate surface area is 98.0 Å². The Morgan fingerprint density at radius 3 is 2.94 bits per heavy atom. The number of benzene rings is 1. The van der Waals surface area contributed by atoms with Crippen LogP contribution in [0, 0.1) is 5.92 Å². The second-order valence-corrected chi connectivity index (χ2v) is 4.72. The van der Waals surface area contributed by atoms with Gasteiger partial charge in [-0.2, -0.15) is 0 Å². The molecule has 2 nitrogen and oxygen atoms in total. The SMILES string of the molecule is CCOc1cccc(NC2CCC(C)C2)c1. The third-order valence-electron chi connectivity index (χ3n) is 3.21. The number of nitrogens with one attached hydrogen (secondary N) is 1. The van der Waals surface area contributed by atoms with Gasteiger partial charge in [-0.25, -0.2) is 0 Å². The van der Waals surface area contributed by atoms with Gasteiger partial charge in [0.1, 0.15) is 5.75 Å². The largest absolute Gasteiger partial charge is 0.494 e. The minimum atomic E-state index is 0.645. The van der Waals surface area contributed by atoms with Gasteiger partial charge in [-0.05, 0) is 44.2 Å². The number of hydrogen-bond donors (Lipinski definition) is 1. The zero-order valence-electron chi connectivity index (χ0n) is 10.2. The van der Waals surface area contributed by atoms with Gasteiger partial charge in [-0.3, -0.25) is 0 Å². The highest BCUT2D eigenvalue weighted by Crippen LogP contribution is 2.28. The van der Waals surface area contributed by atoms with E-state index in [1.807, 2.05) is 19.1 Å². The van der Waals surface area contributed by atoms with Gasteiger partial charge in [0.2, 0.25) is 0 Å². The van der Waals surface area contributed by atoms with Crippen LogP contribution in [0.5, 0.6) is 5.75 Å². The minimum Gasteiger partial charge on any atom is -0.494 e. The molecule has 0 saturated heterocycles. The normalized spacial score (nSPS) is 24.4. The molecule has 1 aliphatic carbocycles. The molecule has 1 fully saturated rings. The third kappa shape index (κ3) is 2.91. The second-order valence-electron chi connectivity index (χ2n) is 4.72. The van der Waals surface area contributed by atoms with Gasteiger partial charge in [0, 0.05) is 17.8 Å². The highest BCUT2D eigenvalue weighted by molar-refractivity contribution is 5.49. The van der Waals surface area contributed by atoms with E-state index < -0.39 is 0 Å². The summed E-state index contributed by atoms with van der Waals surface area (Å²) >= 11 is 0. The molecule has 2 heteroatoms. The maximum atomic E-state index is 5.49. The lowest BCUT2D eigenvalue weighted by atomic mass is 10.1. The first-order valence-electron chi connectivity index (χ1n) is 6.27. The van der Waals surface area contributed by atoms with Crippen molar-refractivity contribution < 1.29 is 4.74 Å². The van der Waals surface area contributed by atoms with Crippen molar-refractivity contribution in [2.24, 2.45) is 5.92 Å². The van der Waals surface area contributed by atoms with Gasteiger partial charge < -0.3 is 10.1 Å². The average molecular weight is 219 g/mol. The molecule has 1 N–H and O–H groups in total. The Kier molecular flexibility index (Phi) is 3.70. The van der Waals surface area contributed by atoms with Crippen molar-refractivity contribution in [3.05, 3.63) is 24.3 Å². The number of rotatable bonds is 4. The van der Waals surface area contributed by atoms with Crippen LogP contribution in [0.1, 0.15) is 33.1 Å². The molecule has 1 aromatic rings. The molecule has 0 bridgehead atoms. The van der Waals surface area contributed by atoms with Crippen LogP contribution >= 0.6 is 0 Å². The predicted molar refractivity (Wildman–Crippen MR) is 68.0 cm³/mol. The zero-order chi connectivity index (χ0) is 11.4. The van der Waals surface area contributed by atoms with Crippen LogP contribution < -0.4 is 10.1 Å². The highest BCUT2D eigenvalue weighted by atomic mass is 16.5. The Balaban J connectivity index is 1.95. The van der Waals surface area contributed by atoms with Crippen LogP contribution in [0.25, 0.3) is 0 Å². The molecule has 2 unspecified atom stereocenters. The highest BCUT2D eigenvalue weighted by Gasteiger charge is 2.20. The molecule has 0 aromatic heterocycles. The summed E-state index contributed by atoms with van der Waals surface area (Å²) in [6, 6.07) is 8.90. The van der Waals surface area contributed by atoms with Crippen LogP contribution in [-0.2, 0) is 0 Å². The zero-order valence-corrected chi connectivity index (χ0v) is 10.2. The molecule has 88 valence electrons. The van der Waals surface area contributed by atoms with Crippen LogP contribution in [0.2, 0.25) is 0 Å². The van der Waals surface area contributed by atoms with E-state index in [9.17, 15) is 0 Å². The van der Waals surface area contributed by atoms with Crippen LogP contribution in [0.4, 0.5) is 5.69 Å². The third-order valence-corrected chi connectivity index (χ3v) is 3.21. The Morgan fingerprint density at radius 2 is 2.25 bits per heavy atom. The van der Waals surface area contributed by atoms with E-state index in [0.717, 1.165) is 18.3 Å². The lowest BCUT2D eigenvalue weighted by Crippen LogP contribution is -2.15. The van der Waals surface area contributed by atoms with Gasteiger partial charge in [0.25, 0.3) is 0 Å². The first kappa shape index (κ1) is 11.3. The molecule has 0 radical (unpaired) electrons. The molecule has 16 heavy (non-hydrogen) atoms. The number of hydrogen-bond acceptors (Lipinski definition) is 2. The second kappa shape index (κ2) is 5.24. The van der Waals surface area contributed by atoms with Crippen LogP contribution in [0.15, 0.2) is 24.3 Å². The summed E-state index contributed by atoms with van der Waals surface area (Å²) in [7, 11) is 0. The summed E-state index contributed by atoms with van der Waals surface area (Å²) < 4.78 is 5.49. The van der Waals surface area contributed by atoms with Crippen molar-refractivity contribution in [2.45, 2.75) is 39.2 Å². The first-order valence-corrected chi connectivity index (χ1v) is 6.27. The molecule has 2 rings (SSSR count). The maximum Gasteiger partial charge on any atom is 0.121 e. The fraction of sp³-hybridized carbons (Fsp3) is 0.571. The molecule has 0 aliphatic heterocycles. The Morgan fingerprint density at radius 1 is 1.38 bits per heavy atom. The lowest BCUT2D eigenvalue weighted by Gasteiger charge is -2.14. The molecule has 0 heterocycles. The molecular weight excluding hydrogens is 198 g/mol. The Hall–Kier alpha value is -1.18. The van der Waals surface area contributed by atoms with Crippen molar-refractivity contribution in [1.82, 2.24) is 0 Å². The smallest absolute Gasteiger partial charge is 0.121 e. The van der Waals surface area contributed by atoms with Crippen molar-refractivity contribution in [2.75, 3.05) is 11.9 Å². The van der Waals surface area contributed by atoms with E-state index in [0.29, 0.717) is 6.04 Å².